The van der Waals surface area contributed by atoms with E-state index >= 15 is 0 Å². The first-order valence-electron chi connectivity index (χ1n) is 8.51. The molecule has 0 aliphatic rings. The van der Waals surface area contributed by atoms with E-state index in [1.165, 1.54) is 12.1 Å². The van der Waals surface area contributed by atoms with Gasteiger partial charge >= 0.3 is 6.18 Å². The number of rotatable bonds is 3. The molecule has 1 N–H and O–H groups in total. The highest BCUT2D eigenvalue weighted by Crippen LogP contribution is 2.32. The summed E-state index contributed by atoms with van der Waals surface area (Å²) in [4.78, 5) is 4.28. The predicted octanol–water partition coefficient (Wildman–Crippen LogP) is 5.33. The Morgan fingerprint density at radius 3 is 2.52 bits per heavy atom. The first kappa shape index (κ1) is 18.4. The molecule has 4 aromatic rings. The molecular formula is C21H12F3N5. The van der Waals surface area contributed by atoms with E-state index in [0.29, 0.717) is 22.8 Å². The summed E-state index contributed by atoms with van der Waals surface area (Å²) >= 11 is 0. The molecule has 8 heteroatoms. The van der Waals surface area contributed by atoms with Crippen LogP contribution in [0.5, 0.6) is 0 Å². The highest BCUT2D eigenvalue weighted by molar-refractivity contribution is 5.95. The normalized spacial score (nSPS) is 11.2. The van der Waals surface area contributed by atoms with Crippen LogP contribution in [-0.4, -0.2) is 15.2 Å². The molecule has 0 bridgehead atoms. The van der Waals surface area contributed by atoms with Crippen LogP contribution in [-0.2, 0) is 6.18 Å². The lowest BCUT2D eigenvalue weighted by atomic mass is 10.0. The molecule has 0 spiro atoms. The molecule has 0 saturated carbocycles. The second kappa shape index (κ2) is 7.20. The number of hydrogen-bond acceptors (Lipinski definition) is 5. The minimum atomic E-state index is -4.39. The van der Waals surface area contributed by atoms with Crippen molar-refractivity contribution in [1.29, 1.82) is 5.26 Å². The van der Waals surface area contributed by atoms with E-state index in [9.17, 15) is 18.4 Å². The van der Waals surface area contributed by atoms with Crippen LogP contribution in [0, 0.1) is 11.3 Å². The number of nitriles is 1. The van der Waals surface area contributed by atoms with Crippen molar-refractivity contribution in [3.05, 3.63) is 78.1 Å². The second-order valence-electron chi connectivity index (χ2n) is 6.21. The van der Waals surface area contributed by atoms with Gasteiger partial charge in [-0.1, -0.05) is 6.07 Å². The number of alkyl halides is 3. The standard InChI is InChI=1S/C21H12F3N5/c22-21(23,24)16-4-6-17(7-5-16)28-20-18-8-3-13(10-15(18)12-27-29-20)19-14(11-25)2-1-9-26-19/h1-10,12H,(H,28,29). The molecule has 0 unspecified atom stereocenters. The summed E-state index contributed by atoms with van der Waals surface area (Å²) in [5.41, 5.74) is 1.51. The zero-order chi connectivity index (χ0) is 20.4. The highest BCUT2D eigenvalue weighted by atomic mass is 19.4. The number of halogens is 3. The minimum absolute atomic E-state index is 0.412. The van der Waals surface area contributed by atoms with Gasteiger partial charge in [0.1, 0.15) is 6.07 Å². The Bertz CT molecular complexity index is 1230. The predicted molar refractivity (Wildman–Crippen MR) is 102 cm³/mol. The Morgan fingerprint density at radius 1 is 1.00 bits per heavy atom. The van der Waals surface area contributed by atoms with Gasteiger partial charge in [0.15, 0.2) is 5.82 Å². The third kappa shape index (κ3) is 3.71. The summed E-state index contributed by atoms with van der Waals surface area (Å²) in [5.74, 6) is 0.412. The average molecular weight is 391 g/mol. The molecule has 29 heavy (non-hydrogen) atoms. The molecule has 142 valence electrons. The summed E-state index contributed by atoms with van der Waals surface area (Å²) in [5, 5.41) is 21.8. The van der Waals surface area contributed by atoms with Gasteiger partial charge in [-0.3, -0.25) is 4.98 Å². The van der Waals surface area contributed by atoms with Gasteiger partial charge in [-0.25, -0.2) is 0 Å². The van der Waals surface area contributed by atoms with Gasteiger partial charge in [-0.15, -0.1) is 5.10 Å². The lowest BCUT2D eigenvalue weighted by molar-refractivity contribution is -0.137. The van der Waals surface area contributed by atoms with Crippen molar-refractivity contribution >= 4 is 22.3 Å². The van der Waals surface area contributed by atoms with E-state index in [4.69, 9.17) is 0 Å². The Morgan fingerprint density at radius 2 is 1.79 bits per heavy atom. The number of hydrogen-bond donors (Lipinski definition) is 1. The quantitative estimate of drug-likeness (QED) is 0.511. The van der Waals surface area contributed by atoms with E-state index in [0.717, 1.165) is 28.5 Å². The number of fused-ring (bicyclic) bond motifs is 1. The minimum Gasteiger partial charge on any atom is -0.338 e. The van der Waals surface area contributed by atoms with Gasteiger partial charge in [0, 0.05) is 28.2 Å². The summed E-state index contributed by atoms with van der Waals surface area (Å²) in [6, 6.07) is 15.6. The van der Waals surface area contributed by atoms with Gasteiger partial charge in [-0.05, 0) is 48.5 Å². The van der Waals surface area contributed by atoms with Gasteiger partial charge in [0.2, 0.25) is 0 Å². The van der Waals surface area contributed by atoms with Crippen molar-refractivity contribution in [3.63, 3.8) is 0 Å². The summed E-state index contributed by atoms with van der Waals surface area (Å²) in [6.45, 7) is 0. The van der Waals surface area contributed by atoms with Crippen LogP contribution in [0.15, 0.2) is 67.0 Å². The molecule has 0 saturated heterocycles. The van der Waals surface area contributed by atoms with Crippen molar-refractivity contribution in [2.24, 2.45) is 0 Å². The zero-order valence-corrected chi connectivity index (χ0v) is 14.8. The van der Waals surface area contributed by atoms with E-state index in [-0.39, 0.29) is 0 Å². The first-order valence-corrected chi connectivity index (χ1v) is 8.51. The summed E-state index contributed by atoms with van der Waals surface area (Å²) in [7, 11) is 0. The molecule has 0 radical (unpaired) electrons. The van der Waals surface area contributed by atoms with Crippen LogP contribution in [0.3, 0.4) is 0 Å². The van der Waals surface area contributed by atoms with Crippen LogP contribution in [0.2, 0.25) is 0 Å². The molecule has 5 nitrogen and oxygen atoms in total. The largest absolute Gasteiger partial charge is 0.416 e. The zero-order valence-electron chi connectivity index (χ0n) is 14.8. The molecular weight excluding hydrogens is 379 g/mol. The molecule has 0 aliphatic carbocycles. The van der Waals surface area contributed by atoms with E-state index in [2.05, 4.69) is 26.6 Å². The SMILES string of the molecule is N#Cc1cccnc1-c1ccc2c(Nc3ccc(C(F)(F)F)cc3)nncc2c1. The van der Waals surface area contributed by atoms with Gasteiger partial charge in [-0.2, -0.15) is 23.5 Å². The monoisotopic (exact) mass is 391 g/mol. The fraction of sp³-hybridized carbons (Fsp3) is 0.0476. The molecule has 2 heterocycles. The lowest BCUT2D eigenvalue weighted by Crippen LogP contribution is -2.04. The van der Waals surface area contributed by atoms with E-state index < -0.39 is 11.7 Å². The van der Waals surface area contributed by atoms with Crippen LogP contribution < -0.4 is 5.32 Å². The Labute approximate surface area is 163 Å². The van der Waals surface area contributed by atoms with Crippen molar-refractivity contribution in [1.82, 2.24) is 15.2 Å². The molecule has 2 aromatic carbocycles. The maximum absolute atomic E-state index is 12.7. The highest BCUT2D eigenvalue weighted by Gasteiger charge is 2.29. The number of nitrogens with one attached hydrogen (secondary N) is 1. The van der Waals surface area contributed by atoms with Crippen LogP contribution in [0.25, 0.3) is 22.0 Å². The van der Waals surface area contributed by atoms with Crippen LogP contribution in [0.1, 0.15) is 11.1 Å². The maximum atomic E-state index is 12.7. The Hall–Kier alpha value is -3.99. The van der Waals surface area contributed by atoms with Crippen molar-refractivity contribution in [3.8, 4) is 17.3 Å². The third-order valence-electron chi connectivity index (χ3n) is 4.34. The molecule has 0 atom stereocenters. The van der Waals surface area contributed by atoms with Gasteiger partial charge in [0.05, 0.1) is 23.0 Å². The molecule has 0 fully saturated rings. The van der Waals surface area contributed by atoms with Crippen molar-refractivity contribution in [2.75, 3.05) is 5.32 Å². The number of pyridine rings is 1. The van der Waals surface area contributed by atoms with Crippen LogP contribution in [0.4, 0.5) is 24.7 Å². The average Bonchev–Trinajstić information content (AvgIpc) is 2.73. The Balaban J connectivity index is 1.69. The molecule has 4 rings (SSSR count). The topological polar surface area (TPSA) is 74.5 Å². The summed E-state index contributed by atoms with van der Waals surface area (Å²) < 4.78 is 38.2. The smallest absolute Gasteiger partial charge is 0.338 e. The van der Waals surface area contributed by atoms with Gasteiger partial charge in [0.25, 0.3) is 0 Å². The number of anilines is 2. The number of aromatic nitrogens is 3. The number of nitrogens with zero attached hydrogens (tertiary/aromatic N) is 4. The fourth-order valence-corrected chi connectivity index (χ4v) is 2.93. The summed E-state index contributed by atoms with van der Waals surface area (Å²) in [6.07, 6.45) is -1.20. The van der Waals surface area contributed by atoms with E-state index in [1.807, 2.05) is 18.2 Å². The van der Waals surface area contributed by atoms with Crippen LogP contribution >= 0.6 is 0 Å². The molecule has 0 aliphatic heterocycles. The third-order valence-corrected chi connectivity index (χ3v) is 4.34. The fourth-order valence-electron chi connectivity index (χ4n) is 2.93. The van der Waals surface area contributed by atoms with Gasteiger partial charge < -0.3 is 5.32 Å². The van der Waals surface area contributed by atoms with E-state index in [1.54, 1.807) is 24.5 Å². The van der Waals surface area contributed by atoms with Crippen molar-refractivity contribution in [2.45, 2.75) is 6.18 Å². The lowest BCUT2D eigenvalue weighted by Gasteiger charge is -2.11. The first-order chi connectivity index (χ1) is 14.0. The second-order valence-corrected chi connectivity index (χ2v) is 6.21. The molecule has 2 aromatic heterocycles. The maximum Gasteiger partial charge on any atom is 0.416 e. The number of benzene rings is 2. The van der Waals surface area contributed by atoms with Crippen molar-refractivity contribution < 1.29 is 13.2 Å². The Kier molecular flexibility index (Phi) is 4.56. The molecule has 0 amide bonds.